The maximum Gasteiger partial charge on any atom is 0.242 e. The van der Waals surface area contributed by atoms with E-state index >= 15 is 0 Å². The second kappa shape index (κ2) is 15.8. The second-order valence-corrected chi connectivity index (χ2v) is 9.02. The van der Waals surface area contributed by atoms with Gasteiger partial charge in [0, 0.05) is 14.0 Å². The zero-order chi connectivity index (χ0) is 26.4. The molecule has 4 atom stereocenters. The third kappa shape index (κ3) is 11.3. The minimum Gasteiger partial charge on any atom is -0.390 e. The maximum atomic E-state index is 13.0. The summed E-state index contributed by atoms with van der Waals surface area (Å²) in [5, 5.41) is 21.6. The van der Waals surface area contributed by atoms with Gasteiger partial charge in [-0.25, -0.2) is 0 Å². The van der Waals surface area contributed by atoms with Gasteiger partial charge in [-0.15, -0.1) is 0 Å². The van der Waals surface area contributed by atoms with Crippen LogP contribution in [0.2, 0.25) is 0 Å². The summed E-state index contributed by atoms with van der Waals surface area (Å²) in [7, 11) is 1.49. The zero-order valence-corrected chi connectivity index (χ0v) is 21.2. The van der Waals surface area contributed by atoms with E-state index < -0.39 is 36.0 Å². The van der Waals surface area contributed by atoms with Gasteiger partial charge in [0.05, 0.1) is 18.6 Å². The number of amides is 4. The Bertz CT molecular complexity index is 818. The van der Waals surface area contributed by atoms with Gasteiger partial charge < -0.3 is 32.1 Å². The molecule has 0 aromatic heterocycles. The number of rotatable bonds is 15. The molecule has 7 N–H and O–H groups in total. The number of nitrogens with two attached hydrogens (primary N) is 1. The van der Waals surface area contributed by atoms with Crippen molar-refractivity contribution in [3.05, 3.63) is 35.9 Å². The van der Waals surface area contributed by atoms with Crippen molar-refractivity contribution < 1.29 is 24.3 Å². The van der Waals surface area contributed by atoms with E-state index in [-0.39, 0.29) is 30.6 Å². The Morgan fingerprint density at radius 1 is 0.971 bits per heavy atom. The van der Waals surface area contributed by atoms with E-state index in [1.165, 1.54) is 14.0 Å². The van der Waals surface area contributed by atoms with E-state index in [2.05, 4.69) is 21.3 Å². The Morgan fingerprint density at radius 3 is 2.17 bits per heavy atom. The third-order valence-corrected chi connectivity index (χ3v) is 5.64. The van der Waals surface area contributed by atoms with Gasteiger partial charge in [-0.1, -0.05) is 44.2 Å². The lowest BCUT2D eigenvalue weighted by molar-refractivity contribution is -0.132. The third-order valence-electron chi connectivity index (χ3n) is 5.64. The highest BCUT2D eigenvalue weighted by molar-refractivity contribution is 5.88. The summed E-state index contributed by atoms with van der Waals surface area (Å²) in [4.78, 5) is 49.4. The average Bonchev–Trinajstić information content (AvgIpc) is 2.81. The van der Waals surface area contributed by atoms with Gasteiger partial charge in [-0.2, -0.15) is 0 Å². The van der Waals surface area contributed by atoms with Gasteiger partial charge in [-0.3, -0.25) is 19.2 Å². The number of nitrogens with one attached hydrogen (secondary N) is 4. The van der Waals surface area contributed by atoms with E-state index in [4.69, 9.17) is 5.73 Å². The number of carbonyl (C=O) groups is 4. The van der Waals surface area contributed by atoms with Crippen LogP contribution in [0.4, 0.5) is 0 Å². The Balaban J connectivity index is 2.99. The molecule has 196 valence electrons. The largest absolute Gasteiger partial charge is 0.390 e. The minimum absolute atomic E-state index is 0.150. The molecule has 0 radical (unpaired) electrons. The van der Waals surface area contributed by atoms with Crippen LogP contribution in [-0.4, -0.2) is 66.6 Å². The van der Waals surface area contributed by atoms with E-state index in [9.17, 15) is 24.3 Å². The maximum absolute atomic E-state index is 13.0. The molecular weight excluding hydrogens is 450 g/mol. The topological polar surface area (TPSA) is 163 Å². The fourth-order valence-electron chi connectivity index (χ4n) is 3.70. The van der Waals surface area contributed by atoms with Crippen LogP contribution in [0.25, 0.3) is 0 Å². The molecule has 0 aliphatic rings. The molecule has 10 nitrogen and oxygen atoms in total. The van der Waals surface area contributed by atoms with Gasteiger partial charge in [0.15, 0.2) is 0 Å². The molecule has 0 unspecified atom stereocenters. The molecular formula is C25H41N5O5. The van der Waals surface area contributed by atoms with Crippen LogP contribution in [0.15, 0.2) is 30.3 Å². The first kappa shape index (κ1) is 30.1. The van der Waals surface area contributed by atoms with Crippen molar-refractivity contribution >= 4 is 23.6 Å². The Hall–Kier alpha value is -2.98. The van der Waals surface area contributed by atoms with Crippen LogP contribution in [0.1, 0.15) is 52.0 Å². The van der Waals surface area contributed by atoms with Crippen LogP contribution in [0.5, 0.6) is 0 Å². The van der Waals surface area contributed by atoms with Crippen molar-refractivity contribution in [2.24, 2.45) is 11.7 Å². The number of unbranched alkanes of at least 4 members (excludes halogenated alkanes) is 1. The standard InChI is InChI=1S/C25H41N5O5/c1-16(2)23(25(35)27-4)30-22(33)15-21(32)20(14-18-10-6-5-7-11-18)29-24(34)19(28-17(3)31)12-8-9-13-26/h5-7,10-11,16,19-21,23,32H,8-9,12-15,26H2,1-4H3,(H,27,35)(H,28,31)(H,29,34)(H,30,33)/t19-,20-,21-,23-/m0/s1. The predicted molar refractivity (Wildman–Crippen MR) is 134 cm³/mol. The number of carbonyl (C=O) groups excluding carboxylic acids is 4. The summed E-state index contributed by atoms with van der Waals surface area (Å²) in [6.45, 7) is 5.43. The molecule has 0 heterocycles. The highest BCUT2D eigenvalue weighted by Crippen LogP contribution is 2.11. The summed E-state index contributed by atoms with van der Waals surface area (Å²) in [5.74, 6) is -1.77. The van der Waals surface area contributed by atoms with Crippen molar-refractivity contribution in [2.45, 2.75) is 77.1 Å². The molecule has 35 heavy (non-hydrogen) atoms. The highest BCUT2D eigenvalue weighted by atomic mass is 16.3. The molecule has 0 bridgehead atoms. The fraction of sp³-hybridized carbons (Fsp3) is 0.600. The van der Waals surface area contributed by atoms with Crippen molar-refractivity contribution in [3.8, 4) is 0 Å². The van der Waals surface area contributed by atoms with Crippen LogP contribution in [0.3, 0.4) is 0 Å². The molecule has 0 spiro atoms. The summed E-state index contributed by atoms with van der Waals surface area (Å²) < 4.78 is 0. The Labute approximate surface area is 207 Å². The molecule has 1 aromatic rings. The lowest BCUT2D eigenvalue weighted by Gasteiger charge is -2.28. The Morgan fingerprint density at radius 2 is 1.63 bits per heavy atom. The lowest BCUT2D eigenvalue weighted by Crippen LogP contribution is -2.54. The van der Waals surface area contributed by atoms with Crippen molar-refractivity contribution in [2.75, 3.05) is 13.6 Å². The molecule has 1 rings (SSSR count). The second-order valence-electron chi connectivity index (χ2n) is 9.02. The van der Waals surface area contributed by atoms with Crippen LogP contribution in [0, 0.1) is 5.92 Å². The highest BCUT2D eigenvalue weighted by Gasteiger charge is 2.29. The molecule has 0 saturated heterocycles. The summed E-state index contributed by atoms with van der Waals surface area (Å²) >= 11 is 0. The number of aliphatic hydroxyl groups is 1. The van der Waals surface area contributed by atoms with Crippen LogP contribution in [-0.2, 0) is 25.6 Å². The minimum atomic E-state index is -1.22. The molecule has 10 heteroatoms. The van der Waals surface area contributed by atoms with Gasteiger partial charge in [0.1, 0.15) is 12.1 Å². The van der Waals surface area contributed by atoms with E-state index in [0.29, 0.717) is 25.8 Å². The number of likely N-dealkylation sites (N-methyl/N-ethyl adjacent to an activating group) is 1. The Kier molecular flexibility index (Phi) is 13.6. The van der Waals surface area contributed by atoms with Gasteiger partial charge in [0.2, 0.25) is 23.6 Å². The number of benzene rings is 1. The molecule has 0 aliphatic heterocycles. The van der Waals surface area contributed by atoms with Crippen molar-refractivity contribution in [1.82, 2.24) is 21.3 Å². The average molecular weight is 492 g/mol. The monoisotopic (exact) mass is 491 g/mol. The summed E-state index contributed by atoms with van der Waals surface area (Å²) in [6, 6.07) is 6.95. The number of hydrogen-bond donors (Lipinski definition) is 6. The molecule has 4 amide bonds. The summed E-state index contributed by atoms with van der Waals surface area (Å²) in [6.07, 6.45) is 0.509. The number of hydrogen-bond acceptors (Lipinski definition) is 6. The van der Waals surface area contributed by atoms with Gasteiger partial charge >= 0.3 is 0 Å². The van der Waals surface area contributed by atoms with E-state index in [1.54, 1.807) is 0 Å². The smallest absolute Gasteiger partial charge is 0.242 e. The SMILES string of the molecule is CNC(=O)[C@@H](NC(=O)C[C@H](O)[C@H](Cc1ccccc1)NC(=O)[C@H](CCCCN)NC(C)=O)C(C)C. The fourth-order valence-corrected chi connectivity index (χ4v) is 3.70. The quantitative estimate of drug-likeness (QED) is 0.189. The first-order chi connectivity index (χ1) is 16.6. The zero-order valence-electron chi connectivity index (χ0n) is 21.2. The lowest BCUT2D eigenvalue weighted by atomic mass is 9.97. The van der Waals surface area contributed by atoms with Crippen molar-refractivity contribution in [1.29, 1.82) is 0 Å². The van der Waals surface area contributed by atoms with Crippen LogP contribution >= 0.6 is 0 Å². The van der Waals surface area contributed by atoms with Gasteiger partial charge in [0.25, 0.3) is 0 Å². The van der Waals surface area contributed by atoms with Crippen LogP contribution < -0.4 is 27.0 Å². The molecule has 0 fully saturated rings. The summed E-state index contributed by atoms with van der Waals surface area (Å²) in [5.41, 5.74) is 6.40. The first-order valence-electron chi connectivity index (χ1n) is 12.1. The van der Waals surface area contributed by atoms with E-state index in [1.807, 2.05) is 44.2 Å². The van der Waals surface area contributed by atoms with E-state index in [0.717, 1.165) is 5.56 Å². The van der Waals surface area contributed by atoms with Gasteiger partial charge in [-0.05, 0) is 43.7 Å². The predicted octanol–water partition coefficient (Wildman–Crippen LogP) is -0.0146. The molecule has 0 aliphatic carbocycles. The normalized spacial score (nSPS) is 14.4. The number of aliphatic hydroxyl groups excluding tert-OH is 1. The molecule has 1 aromatic carbocycles. The first-order valence-corrected chi connectivity index (χ1v) is 12.1. The molecule has 0 saturated carbocycles. The van der Waals surface area contributed by atoms with Crippen molar-refractivity contribution in [3.63, 3.8) is 0 Å².